The maximum atomic E-state index is 5.39. The van der Waals surface area contributed by atoms with E-state index in [-0.39, 0.29) is 0 Å². The van der Waals surface area contributed by atoms with Crippen molar-refractivity contribution in [1.29, 1.82) is 0 Å². The second-order valence-electron chi connectivity index (χ2n) is 5.36. The van der Waals surface area contributed by atoms with E-state index in [0.717, 1.165) is 49.2 Å². The van der Waals surface area contributed by atoms with Crippen LogP contribution in [0.5, 0.6) is 5.75 Å². The number of aromatic nitrogens is 1. The van der Waals surface area contributed by atoms with Crippen LogP contribution in [-0.2, 0) is 12.8 Å². The highest BCUT2D eigenvalue weighted by Crippen LogP contribution is 2.17. The van der Waals surface area contributed by atoms with Crippen LogP contribution in [0.2, 0.25) is 0 Å². The van der Waals surface area contributed by atoms with E-state index in [1.165, 1.54) is 10.4 Å². The summed E-state index contributed by atoms with van der Waals surface area (Å²) in [4.78, 5) is 10.2. The Morgan fingerprint density at radius 1 is 1.25 bits per heavy atom. The second-order valence-corrected chi connectivity index (χ2v) is 6.68. The lowest BCUT2D eigenvalue weighted by atomic mass is 10.1. The summed E-state index contributed by atoms with van der Waals surface area (Å²) >= 11 is 1.74. The molecular weight excluding hydrogens is 320 g/mol. The molecule has 1 aromatic carbocycles. The minimum absolute atomic E-state index is 0.733. The van der Waals surface area contributed by atoms with Crippen LogP contribution in [0.25, 0.3) is 0 Å². The van der Waals surface area contributed by atoms with Gasteiger partial charge in [-0.3, -0.25) is 4.99 Å². The first-order valence-electron chi connectivity index (χ1n) is 8.28. The molecule has 0 aliphatic carbocycles. The molecule has 0 spiro atoms. The van der Waals surface area contributed by atoms with Crippen molar-refractivity contribution in [2.75, 3.05) is 26.7 Å². The number of hydrogen-bond donors (Lipinski definition) is 2. The number of guanidine groups is 1. The summed E-state index contributed by atoms with van der Waals surface area (Å²) in [6.07, 6.45) is 3.68. The van der Waals surface area contributed by atoms with Gasteiger partial charge in [0.1, 0.15) is 5.75 Å². The van der Waals surface area contributed by atoms with Gasteiger partial charge in [0.05, 0.1) is 12.1 Å². The van der Waals surface area contributed by atoms with Crippen molar-refractivity contribution < 1.29 is 4.74 Å². The Morgan fingerprint density at radius 2 is 2.08 bits per heavy atom. The first-order valence-corrected chi connectivity index (χ1v) is 9.10. The standard InChI is InChI=1S/C18H26N4OS/c1-4-19-18(21-12-10-17-22-13-14(2)24-17)20-11-9-15-7-5-6-8-16(15)23-3/h5-8,13H,4,9-12H2,1-3H3,(H2,19,20,21). The van der Waals surface area contributed by atoms with E-state index < -0.39 is 0 Å². The van der Waals surface area contributed by atoms with Gasteiger partial charge in [-0.25, -0.2) is 4.98 Å². The maximum absolute atomic E-state index is 5.39. The number of rotatable bonds is 8. The molecule has 1 aromatic heterocycles. The molecule has 0 atom stereocenters. The summed E-state index contributed by atoms with van der Waals surface area (Å²) in [5.74, 6) is 1.78. The zero-order valence-corrected chi connectivity index (χ0v) is 15.4. The number of thiazole rings is 1. The molecule has 5 nitrogen and oxygen atoms in total. The second kappa shape index (κ2) is 9.93. The van der Waals surface area contributed by atoms with Crippen LogP contribution in [0.15, 0.2) is 35.5 Å². The number of ether oxygens (including phenoxy) is 1. The lowest BCUT2D eigenvalue weighted by Gasteiger charge is -2.12. The molecule has 0 aliphatic rings. The third kappa shape index (κ3) is 5.85. The van der Waals surface area contributed by atoms with Gasteiger partial charge in [0.2, 0.25) is 0 Å². The minimum Gasteiger partial charge on any atom is -0.496 e. The van der Waals surface area contributed by atoms with Gasteiger partial charge >= 0.3 is 0 Å². The lowest BCUT2D eigenvalue weighted by molar-refractivity contribution is 0.409. The normalized spacial score (nSPS) is 11.4. The molecule has 0 amide bonds. The number of nitrogens with zero attached hydrogens (tertiary/aromatic N) is 2. The van der Waals surface area contributed by atoms with Crippen molar-refractivity contribution >= 4 is 17.3 Å². The summed E-state index contributed by atoms with van der Waals surface area (Å²) in [6.45, 7) is 6.53. The van der Waals surface area contributed by atoms with E-state index in [2.05, 4.69) is 40.5 Å². The number of aryl methyl sites for hydroxylation is 1. The molecule has 0 saturated carbocycles. The average Bonchev–Trinajstić information content (AvgIpc) is 3.00. The van der Waals surface area contributed by atoms with E-state index in [1.807, 2.05) is 24.4 Å². The third-order valence-corrected chi connectivity index (χ3v) is 4.46. The molecule has 0 unspecified atom stereocenters. The van der Waals surface area contributed by atoms with Gasteiger partial charge in [-0.05, 0) is 31.9 Å². The largest absolute Gasteiger partial charge is 0.496 e. The van der Waals surface area contributed by atoms with Gasteiger partial charge in [-0.1, -0.05) is 18.2 Å². The zero-order chi connectivity index (χ0) is 17.2. The average molecular weight is 347 g/mol. The zero-order valence-electron chi connectivity index (χ0n) is 14.6. The Hall–Kier alpha value is -2.08. The van der Waals surface area contributed by atoms with E-state index in [1.54, 1.807) is 18.4 Å². The Balaban J connectivity index is 1.82. The monoisotopic (exact) mass is 346 g/mol. The number of para-hydroxylation sites is 1. The molecule has 2 N–H and O–H groups in total. The Labute approximate surface area is 148 Å². The summed E-state index contributed by atoms with van der Waals surface area (Å²) in [5, 5.41) is 7.80. The summed E-state index contributed by atoms with van der Waals surface area (Å²) in [6, 6.07) is 8.11. The van der Waals surface area contributed by atoms with Crippen molar-refractivity contribution in [3.05, 3.63) is 45.9 Å². The van der Waals surface area contributed by atoms with E-state index in [0.29, 0.717) is 0 Å². The number of aliphatic imine (C=N–C) groups is 1. The van der Waals surface area contributed by atoms with Crippen LogP contribution < -0.4 is 15.4 Å². The smallest absolute Gasteiger partial charge is 0.191 e. The van der Waals surface area contributed by atoms with E-state index in [4.69, 9.17) is 4.74 Å². The molecule has 2 aromatic rings. The number of nitrogens with one attached hydrogen (secondary N) is 2. The van der Waals surface area contributed by atoms with Crippen LogP contribution >= 0.6 is 11.3 Å². The fraction of sp³-hybridized carbons (Fsp3) is 0.444. The van der Waals surface area contributed by atoms with Gasteiger partial charge < -0.3 is 15.4 Å². The molecule has 24 heavy (non-hydrogen) atoms. The number of hydrogen-bond acceptors (Lipinski definition) is 4. The predicted octanol–water partition coefficient (Wildman–Crippen LogP) is 2.80. The van der Waals surface area contributed by atoms with Gasteiger partial charge in [0, 0.05) is 37.1 Å². The fourth-order valence-corrected chi connectivity index (χ4v) is 3.12. The summed E-state index contributed by atoms with van der Waals surface area (Å²) in [7, 11) is 1.71. The highest BCUT2D eigenvalue weighted by Gasteiger charge is 2.03. The molecule has 1 heterocycles. The molecule has 0 radical (unpaired) electrons. The quantitative estimate of drug-likeness (QED) is 0.570. The van der Waals surface area contributed by atoms with E-state index >= 15 is 0 Å². The van der Waals surface area contributed by atoms with Crippen molar-refractivity contribution in [3.8, 4) is 5.75 Å². The maximum Gasteiger partial charge on any atom is 0.191 e. The number of methoxy groups -OCH3 is 1. The highest BCUT2D eigenvalue weighted by molar-refractivity contribution is 7.11. The minimum atomic E-state index is 0.733. The van der Waals surface area contributed by atoms with Crippen molar-refractivity contribution in [2.24, 2.45) is 4.99 Å². The lowest BCUT2D eigenvalue weighted by Crippen LogP contribution is -2.38. The third-order valence-electron chi connectivity index (χ3n) is 3.49. The van der Waals surface area contributed by atoms with Crippen LogP contribution in [0.1, 0.15) is 22.4 Å². The van der Waals surface area contributed by atoms with Gasteiger partial charge in [-0.15, -0.1) is 11.3 Å². The van der Waals surface area contributed by atoms with Gasteiger partial charge in [-0.2, -0.15) is 0 Å². The molecule has 0 bridgehead atoms. The van der Waals surface area contributed by atoms with Crippen LogP contribution in [0.4, 0.5) is 0 Å². The fourth-order valence-electron chi connectivity index (χ4n) is 2.35. The number of benzene rings is 1. The van der Waals surface area contributed by atoms with Gasteiger partial charge in [0.25, 0.3) is 0 Å². The molecule has 0 saturated heterocycles. The molecule has 2 rings (SSSR count). The molecular formula is C18H26N4OS. The van der Waals surface area contributed by atoms with Crippen molar-refractivity contribution in [1.82, 2.24) is 15.6 Å². The molecule has 130 valence electrons. The molecule has 6 heteroatoms. The van der Waals surface area contributed by atoms with Gasteiger partial charge in [0.15, 0.2) is 5.96 Å². The summed E-state index contributed by atoms with van der Waals surface area (Å²) < 4.78 is 5.39. The molecule has 0 fully saturated rings. The van der Waals surface area contributed by atoms with Crippen LogP contribution in [0, 0.1) is 6.92 Å². The predicted molar refractivity (Wildman–Crippen MR) is 101 cm³/mol. The van der Waals surface area contributed by atoms with E-state index in [9.17, 15) is 0 Å². The Morgan fingerprint density at radius 3 is 2.79 bits per heavy atom. The first-order chi connectivity index (χ1) is 11.7. The molecule has 0 aliphatic heterocycles. The highest BCUT2D eigenvalue weighted by atomic mass is 32.1. The SMILES string of the molecule is CCNC(=NCCc1ncc(C)s1)NCCc1ccccc1OC. The van der Waals surface area contributed by atoms with Crippen LogP contribution in [-0.4, -0.2) is 37.7 Å². The summed E-state index contributed by atoms with van der Waals surface area (Å²) in [5.41, 5.74) is 1.20. The first kappa shape index (κ1) is 18.3. The topological polar surface area (TPSA) is 58.5 Å². The Kier molecular flexibility index (Phi) is 7.55. The van der Waals surface area contributed by atoms with Crippen molar-refractivity contribution in [3.63, 3.8) is 0 Å². The van der Waals surface area contributed by atoms with Crippen LogP contribution in [0.3, 0.4) is 0 Å². The van der Waals surface area contributed by atoms with Crippen molar-refractivity contribution in [2.45, 2.75) is 26.7 Å². The Bertz CT molecular complexity index is 654.